The zero-order valence-corrected chi connectivity index (χ0v) is 13.4. The van der Waals surface area contributed by atoms with Crippen molar-refractivity contribution in [3.8, 4) is 0 Å². The molecule has 3 aromatic rings. The summed E-state index contributed by atoms with van der Waals surface area (Å²) in [6.45, 7) is 3.98. The average Bonchev–Trinajstić information content (AvgIpc) is 2.78. The van der Waals surface area contributed by atoms with Crippen LogP contribution < -0.4 is 0 Å². The predicted molar refractivity (Wildman–Crippen MR) is 93.0 cm³/mol. The van der Waals surface area contributed by atoms with Crippen molar-refractivity contribution in [1.29, 1.82) is 0 Å². The molecule has 0 amide bonds. The first-order chi connectivity index (χ1) is 11.0. The largest absolute Gasteiger partial charge is 0.478 e. The van der Waals surface area contributed by atoms with Crippen LogP contribution in [-0.4, -0.2) is 21.9 Å². The third-order valence-corrected chi connectivity index (χ3v) is 4.24. The van der Waals surface area contributed by atoms with Gasteiger partial charge < -0.3 is 9.67 Å². The van der Waals surface area contributed by atoms with Crippen LogP contribution >= 0.6 is 0 Å². The van der Waals surface area contributed by atoms with Gasteiger partial charge in [0.25, 0.3) is 0 Å². The molecule has 0 fully saturated rings. The number of nitrogens with zero attached hydrogens (tertiary/aromatic N) is 2. The van der Waals surface area contributed by atoms with Crippen molar-refractivity contribution in [2.24, 2.45) is 12.0 Å². The van der Waals surface area contributed by atoms with Crippen molar-refractivity contribution in [3.05, 3.63) is 64.8 Å². The van der Waals surface area contributed by atoms with Crippen LogP contribution in [0.2, 0.25) is 0 Å². The second kappa shape index (κ2) is 5.72. The molecule has 0 atom stereocenters. The number of carbonyl (C=O) groups is 1. The Kier molecular flexibility index (Phi) is 3.74. The number of carboxylic acids is 1. The van der Waals surface area contributed by atoms with Crippen molar-refractivity contribution < 1.29 is 9.90 Å². The minimum Gasteiger partial charge on any atom is -0.478 e. The highest BCUT2D eigenvalue weighted by molar-refractivity contribution is 6.02. The van der Waals surface area contributed by atoms with Crippen molar-refractivity contribution in [2.45, 2.75) is 13.8 Å². The van der Waals surface area contributed by atoms with Crippen LogP contribution in [0.1, 0.15) is 27.2 Å². The molecule has 4 heteroatoms. The lowest BCUT2D eigenvalue weighted by Gasteiger charge is -2.02. The molecule has 0 saturated heterocycles. The molecule has 0 aliphatic heterocycles. The molecule has 1 N–H and O–H groups in total. The number of hydrogen-bond acceptors (Lipinski definition) is 2. The first-order valence-electron chi connectivity index (χ1n) is 7.41. The number of hydrogen-bond donors (Lipinski definition) is 1. The average molecular weight is 306 g/mol. The number of benzene rings is 2. The van der Waals surface area contributed by atoms with E-state index in [4.69, 9.17) is 5.11 Å². The summed E-state index contributed by atoms with van der Waals surface area (Å²) in [5, 5.41) is 10.3. The van der Waals surface area contributed by atoms with E-state index in [0.717, 1.165) is 27.7 Å². The van der Waals surface area contributed by atoms with E-state index in [9.17, 15) is 4.79 Å². The van der Waals surface area contributed by atoms with E-state index in [-0.39, 0.29) is 5.56 Å². The highest BCUT2D eigenvalue weighted by Crippen LogP contribution is 2.25. The van der Waals surface area contributed by atoms with Gasteiger partial charge in [0.1, 0.15) is 0 Å². The van der Waals surface area contributed by atoms with Crippen molar-refractivity contribution in [2.75, 3.05) is 0 Å². The lowest BCUT2D eigenvalue weighted by Crippen LogP contribution is -1.96. The Morgan fingerprint density at radius 3 is 2.65 bits per heavy atom. The maximum atomic E-state index is 11.1. The molecule has 0 bridgehead atoms. The van der Waals surface area contributed by atoms with Crippen LogP contribution in [0.3, 0.4) is 0 Å². The van der Waals surface area contributed by atoms with Gasteiger partial charge >= 0.3 is 5.97 Å². The maximum Gasteiger partial charge on any atom is 0.335 e. The van der Waals surface area contributed by atoms with E-state index >= 15 is 0 Å². The Bertz CT molecular complexity index is 936. The summed E-state index contributed by atoms with van der Waals surface area (Å²) in [6.07, 6.45) is 1.83. The molecule has 0 saturated carbocycles. The van der Waals surface area contributed by atoms with E-state index in [1.165, 1.54) is 0 Å². The van der Waals surface area contributed by atoms with Gasteiger partial charge in [-0.3, -0.25) is 4.99 Å². The summed E-state index contributed by atoms with van der Waals surface area (Å²) in [6, 6.07) is 13.2. The third kappa shape index (κ3) is 2.63. The number of aromatic nitrogens is 1. The lowest BCUT2D eigenvalue weighted by atomic mass is 10.1. The summed E-state index contributed by atoms with van der Waals surface area (Å²) in [5.74, 6) is -0.942. The first-order valence-corrected chi connectivity index (χ1v) is 7.41. The Hall–Kier alpha value is -2.88. The summed E-state index contributed by atoms with van der Waals surface area (Å²) in [7, 11) is 2.03. The Labute approximate surface area is 134 Å². The van der Waals surface area contributed by atoms with Gasteiger partial charge in [-0.1, -0.05) is 24.3 Å². The Morgan fingerprint density at radius 2 is 1.91 bits per heavy atom. The molecular weight excluding hydrogens is 288 g/mol. The van der Waals surface area contributed by atoms with Gasteiger partial charge in [-0.25, -0.2) is 4.79 Å². The number of fused-ring (bicyclic) bond motifs is 1. The minimum absolute atomic E-state index is 0.248. The number of carboxylic acid groups (broad SMARTS) is 1. The van der Waals surface area contributed by atoms with Crippen LogP contribution in [0.5, 0.6) is 0 Å². The summed E-state index contributed by atoms with van der Waals surface area (Å²) >= 11 is 0. The molecule has 2 aromatic carbocycles. The second-order valence-electron chi connectivity index (χ2n) is 5.64. The van der Waals surface area contributed by atoms with Gasteiger partial charge in [0, 0.05) is 35.4 Å². The van der Waals surface area contributed by atoms with Gasteiger partial charge in [-0.2, -0.15) is 0 Å². The number of para-hydroxylation sites is 1. The van der Waals surface area contributed by atoms with Crippen molar-refractivity contribution in [3.63, 3.8) is 0 Å². The van der Waals surface area contributed by atoms with Gasteiger partial charge in [0.05, 0.1) is 11.3 Å². The Balaban J connectivity index is 2.09. The fraction of sp³-hybridized carbons (Fsp3) is 0.158. The SMILES string of the molecule is Cc1ccc(C(=O)O)cc1N=Cc1c(C)n(C)c2ccccc12. The quantitative estimate of drug-likeness (QED) is 0.736. The minimum atomic E-state index is -0.942. The van der Waals surface area contributed by atoms with E-state index in [1.807, 2.05) is 32.3 Å². The fourth-order valence-electron chi connectivity index (χ4n) is 2.73. The summed E-state index contributed by atoms with van der Waals surface area (Å²) in [4.78, 5) is 15.7. The van der Waals surface area contributed by atoms with Gasteiger partial charge in [0.15, 0.2) is 0 Å². The standard InChI is InChI=1S/C19H18N2O2/c1-12-8-9-14(19(22)23)10-17(12)20-11-16-13(2)21(3)18-7-5-4-6-15(16)18/h4-11H,1-3H3,(H,22,23). The van der Waals surface area contributed by atoms with Crippen molar-refractivity contribution >= 4 is 28.8 Å². The van der Waals surface area contributed by atoms with Crippen LogP contribution in [-0.2, 0) is 7.05 Å². The van der Waals surface area contributed by atoms with Gasteiger partial charge in [-0.05, 0) is 37.6 Å². The number of aliphatic imine (C=N–C) groups is 1. The fourth-order valence-corrected chi connectivity index (χ4v) is 2.73. The second-order valence-corrected chi connectivity index (χ2v) is 5.64. The molecule has 23 heavy (non-hydrogen) atoms. The summed E-state index contributed by atoms with van der Waals surface area (Å²) < 4.78 is 2.14. The van der Waals surface area contributed by atoms with Crippen LogP contribution in [0.15, 0.2) is 47.5 Å². The maximum absolute atomic E-state index is 11.1. The molecular formula is C19H18N2O2. The zero-order valence-electron chi connectivity index (χ0n) is 13.4. The van der Waals surface area contributed by atoms with Crippen molar-refractivity contribution in [1.82, 2.24) is 4.57 Å². The normalized spacial score (nSPS) is 11.4. The van der Waals surface area contributed by atoms with Gasteiger partial charge in [0.2, 0.25) is 0 Å². The smallest absolute Gasteiger partial charge is 0.335 e. The molecule has 116 valence electrons. The van der Waals surface area contributed by atoms with Crippen LogP contribution in [0.4, 0.5) is 5.69 Å². The molecule has 0 aliphatic rings. The molecule has 0 aliphatic carbocycles. The number of aromatic carboxylic acids is 1. The molecule has 0 unspecified atom stereocenters. The monoisotopic (exact) mass is 306 g/mol. The number of aryl methyl sites for hydroxylation is 2. The molecule has 0 radical (unpaired) electrons. The van der Waals surface area contributed by atoms with Gasteiger partial charge in [-0.15, -0.1) is 0 Å². The molecule has 1 heterocycles. The molecule has 0 spiro atoms. The highest BCUT2D eigenvalue weighted by atomic mass is 16.4. The molecule has 4 nitrogen and oxygen atoms in total. The molecule has 3 rings (SSSR count). The lowest BCUT2D eigenvalue weighted by molar-refractivity contribution is 0.0697. The van der Waals surface area contributed by atoms with E-state index in [1.54, 1.807) is 18.2 Å². The highest BCUT2D eigenvalue weighted by Gasteiger charge is 2.10. The van der Waals surface area contributed by atoms with E-state index in [0.29, 0.717) is 5.69 Å². The first kappa shape index (κ1) is 15.0. The van der Waals surface area contributed by atoms with Crippen LogP contribution in [0.25, 0.3) is 10.9 Å². The predicted octanol–water partition coefficient (Wildman–Crippen LogP) is 4.24. The molecule has 1 aromatic heterocycles. The van der Waals surface area contributed by atoms with E-state index in [2.05, 4.69) is 28.6 Å². The van der Waals surface area contributed by atoms with Crippen LogP contribution in [0, 0.1) is 13.8 Å². The number of rotatable bonds is 3. The zero-order chi connectivity index (χ0) is 16.6. The summed E-state index contributed by atoms with van der Waals surface area (Å²) in [5.41, 5.74) is 5.21. The van der Waals surface area contributed by atoms with E-state index < -0.39 is 5.97 Å². The third-order valence-electron chi connectivity index (χ3n) is 4.24. The topological polar surface area (TPSA) is 54.6 Å². The Morgan fingerprint density at radius 1 is 1.17 bits per heavy atom.